The summed E-state index contributed by atoms with van der Waals surface area (Å²) in [6, 6.07) is 43.4. The number of nitrogens with zero attached hydrogens (tertiary/aromatic N) is 2. The maximum absolute atomic E-state index is 5.46. The molecule has 2 aliphatic rings. The van der Waals surface area contributed by atoms with Crippen molar-refractivity contribution >= 4 is 77.0 Å². The van der Waals surface area contributed by atoms with E-state index in [0.717, 1.165) is 94.9 Å². The van der Waals surface area contributed by atoms with E-state index in [-0.39, 0.29) is 0 Å². The fourth-order valence-electron chi connectivity index (χ4n) is 7.46. The van der Waals surface area contributed by atoms with Crippen LogP contribution >= 0.6 is 22.6 Å². The molecule has 3 aromatic heterocycles. The lowest BCUT2D eigenvalue weighted by molar-refractivity contribution is 1.31. The molecule has 4 nitrogen and oxygen atoms in total. The molecule has 8 bridgehead atoms. The lowest BCUT2D eigenvalue weighted by Crippen LogP contribution is -2.16. The third-order valence-corrected chi connectivity index (χ3v) is 11.9. The molecule has 0 amide bonds. The van der Waals surface area contributed by atoms with Crippen molar-refractivity contribution in [2.75, 3.05) is 0 Å². The number of rotatable bonds is 4. The Bertz CT molecular complexity index is 2940. The van der Waals surface area contributed by atoms with Gasteiger partial charge in [0, 0.05) is 53.5 Å². The highest BCUT2D eigenvalue weighted by Gasteiger charge is 2.19. The molecular formula is C51H41IN4Si. The molecule has 57 heavy (non-hydrogen) atoms. The van der Waals surface area contributed by atoms with Gasteiger partial charge >= 0.3 is 0 Å². The molecule has 0 aliphatic carbocycles. The van der Waals surface area contributed by atoms with Crippen LogP contribution < -0.4 is 0 Å². The largest absolute Gasteiger partial charge is 0.354 e. The van der Waals surface area contributed by atoms with E-state index in [4.69, 9.17) is 9.97 Å². The zero-order valence-electron chi connectivity index (χ0n) is 32.6. The van der Waals surface area contributed by atoms with Crippen molar-refractivity contribution in [3.63, 3.8) is 0 Å². The monoisotopic (exact) mass is 864 g/mol. The third-order valence-electron chi connectivity index (χ3n) is 10.3. The summed E-state index contributed by atoms with van der Waals surface area (Å²) in [7, 11) is -1.52. The summed E-state index contributed by atoms with van der Waals surface area (Å²) in [5.74, 6) is 3.43. The van der Waals surface area contributed by atoms with Crippen LogP contribution in [0.5, 0.6) is 0 Å². The minimum Gasteiger partial charge on any atom is -0.354 e. The zero-order chi connectivity index (χ0) is 39.3. The number of H-pyrrole nitrogens is 2. The Morgan fingerprint density at radius 2 is 0.754 bits per heavy atom. The number of halogens is 1. The molecule has 7 aromatic rings. The third kappa shape index (κ3) is 7.49. The summed E-state index contributed by atoms with van der Waals surface area (Å²) >= 11 is 2.37. The topological polar surface area (TPSA) is 57.4 Å². The van der Waals surface area contributed by atoms with E-state index in [0.29, 0.717) is 0 Å². The number of aryl methyl sites for hydroxylation is 2. The standard InChI is InChI=1S/C51H41IN4Si/c1-32-6-12-35(13-7-32)48-40-22-23-41(53-40)49(36-14-8-33(2)9-15-36)43-25-28-46(55-43)51(38-18-20-39(52)21-19-38)47-29-27-45(56-47)50(44-26-24-42(48)54-44)37-16-10-34(11-17-37)30-31-57(3,4)5/h6-29,53,56H,1-5H3. The molecule has 0 unspecified atom stereocenters. The summed E-state index contributed by atoms with van der Waals surface area (Å²) in [6.45, 7) is 11.1. The zero-order valence-corrected chi connectivity index (χ0v) is 35.8. The Balaban J connectivity index is 1.42. The number of hydrogen-bond donors (Lipinski definition) is 2. The average molecular weight is 865 g/mol. The van der Waals surface area contributed by atoms with Crippen molar-refractivity contribution in [2.24, 2.45) is 0 Å². The van der Waals surface area contributed by atoms with E-state index in [9.17, 15) is 0 Å². The first-order valence-electron chi connectivity index (χ1n) is 19.3. The molecule has 6 heteroatoms. The van der Waals surface area contributed by atoms with Gasteiger partial charge in [-0.2, -0.15) is 0 Å². The summed E-state index contributed by atoms with van der Waals surface area (Å²) in [5, 5.41) is 0. The second-order valence-electron chi connectivity index (χ2n) is 15.8. The molecular weight excluding hydrogens is 824 g/mol. The number of aromatic amines is 2. The van der Waals surface area contributed by atoms with E-state index in [1.54, 1.807) is 0 Å². The molecule has 2 aliphatic heterocycles. The SMILES string of the molecule is Cc1ccc(-c2c3nc(c(-c4ccc(I)cc4)c4ccc([nH]4)c(-c4ccc(C#C[Si](C)(C)C)cc4)c4nc(c(-c5ccc(C)cc5)c5ccc2[nH]5)C=C4)C=C3)cc1. The van der Waals surface area contributed by atoms with Crippen LogP contribution in [0.4, 0.5) is 0 Å². The quantitative estimate of drug-likeness (QED) is 0.105. The number of benzene rings is 4. The molecule has 0 saturated carbocycles. The Morgan fingerprint density at radius 1 is 0.439 bits per heavy atom. The van der Waals surface area contributed by atoms with Gasteiger partial charge in [-0.15, -0.1) is 5.54 Å². The van der Waals surface area contributed by atoms with Gasteiger partial charge in [0.05, 0.1) is 22.8 Å². The van der Waals surface area contributed by atoms with Crippen LogP contribution in [0.3, 0.4) is 0 Å². The van der Waals surface area contributed by atoms with Crippen molar-refractivity contribution < 1.29 is 0 Å². The molecule has 5 heterocycles. The average Bonchev–Trinajstić information content (AvgIpc) is 4.04. The second-order valence-corrected chi connectivity index (χ2v) is 21.8. The van der Waals surface area contributed by atoms with Crippen LogP contribution in [-0.4, -0.2) is 28.0 Å². The predicted octanol–water partition coefficient (Wildman–Crippen LogP) is 13.8. The van der Waals surface area contributed by atoms with Crippen molar-refractivity contribution in [3.05, 3.63) is 164 Å². The molecule has 276 valence electrons. The van der Waals surface area contributed by atoms with Crippen molar-refractivity contribution in [2.45, 2.75) is 33.5 Å². The molecule has 0 radical (unpaired) electrons. The number of nitrogens with one attached hydrogen (secondary N) is 2. The Morgan fingerprint density at radius 3 is 1.09 bits per heavy atom. The van der Waals surface area contributed by atoms with Gasteiger partial charge in [-0.25, -0.2) is 9.97 Å². The molecule has 0 atom stereocenters. The highest BCUT2D eigenvalue weighted by atomic mass is 127. The minimum absolute atomic E-state index is 0.888. The summed E-state index contributed by atoms with van der Waals surface area (Å²) < 4.78 is 1.18. The highest BCUT2D eigenvalue weighted by Crippen LogP contribution is 2.38. The predicted molar refractivity (Wildman–Crippen MR) is 253 cm³/mol. The van der Waals surface area contributed by atoms with Crippen molar-refractivity contribution in [1.29, 1.82) is 0 Å². The fourth-order valence-corrected chi connectivity index (χ4v) is 8.34. The highest BCUT2D eigenvalue weighted by molar-refractivity contribution is 14.1. The van der Waals surface area contributed by atoms with E-state index in [1.807, 2.05) is 0 Å². The van der Waals surface area contributed by atoms with E-state index < -0.39 is 8.07 Å². The van der Waals surface area contributed by atoms with Gasteiger partial charge in [0.2, 0.25) is 0 Å². The normalized spacial score (nSPS) is 12.1. The first-order chi connectivity index (χ1) is 27.6. The first-order valence-corrected chi connectivity index (χ1v) is 23.8. The van der Waals surface area contributed by atoms with Crippen LogP contribution in [0, 0.1) is 28.9 Å². The van der Waals surface area contributed by atoms with Gasteiger partial charge in [-0.05, 0) is 132 Å². The Labute approximate surface area is 348 Å². The summed E-state index contributed by atoms with van der Waals surface area (Å²) in [4.78, 5) is 18.6. The number of hydrogen-bond acceptors (Lipinski definition) is 2. The first kappa shape index (κ1) is 36.6. The van der Waals surface area contributed by atoms with Crippen LogP contribution in [-0.2, 0) is 0 Å². The van der Waals surface area contributed by atoms with Crippen molar-refractivity contribution in [3.8, 4) is 56.0 Å². The number of aromatic nitrogens is 4. The smallest absolute Gasteiger partial charge is 0.129 e. The lowest BCUT2D eigenvalue weighted by Gasteiger charge is -2.08. The lowest BCUT2D eigenvalue weighted by atomic mass is 10.0. The summed E-state index contributed by atoms with van der Waals surface area (Å²) in [5.41, 5.74) is 23.0. The Kier molecular flexibility index (Phi) is 9.52. The van der Waals surface area contributed by atoms with Crippen LogP contribution in [0.25, 0.3) is 90.9 Å². The molecule has 0 spiro atoms. The summed E-state index contributed by atoms with van der Waals surface area (Å²) in [6.07, 6.45) is 8.61. The van der Waals surface area contributed by atoms with Crippen LogP contribution in [0.1, 0.15) is 39.5 Å². The van der Waals surface area contributed by atoms with Gasteiger partial charge in [0.15, 0.2) is 0 Å². The second kappa shape index (κ2) is 14.8. The van der Waals surface area contributed by atoms with Crippen LogP contribution in [0.15, 0.2) is 121 Å². The molecule has 0 fully saturated rings. The van der Waals surface area contributed by atoms with E-state index >= 15 is 0 Å². The Hall–Kier alpha value is -6.01. The maximum Gasteiger partial charge on any atom is 0.129 e. The van der Waals surface area contributed by atoms with Gasteiger partial charge in [-0.3, -0.25) is 0 Å². The van der Waals surface area contributed by atoms with Gasteiger partial charge in [-0.1, -0.05) is 109 Å². The van der Waals surface area contributed by atoms with Gasteiger partial charge in [0.25, 0.3) is 0 Å². The van der Waals surface area contributed by atoms with E-state index in [2.05, 4.69) is 223 Å². The molecule has 0 saturated heterocycles. The fraction of sp³-hybridized carbons (Fsp3) is 0.0980. The molecule has 9 rings (SSSR count). The molecule has 4 aromatic carbocycles. The van der Waals surface area contributed by atoms with E-state index in [1.165, 1.54) is 14.7 Å². The minimum atomic E-state index is -1.52. The molecule has 2 N–H and O–H groups in total. The van der Waals surface area contributed by atoms with Gasteiger partial charge < -0.3 is 9.97 Å². The maximum atomic E-state index is 5.46. The van der Waals surface area contributed by atoms with Crippen LogP contribution in [0.2, 0.25) is 19.6 Å². The number of fused-ring (bicyclic) bond motifs is 8. The van der Waals surface area contributed by atoms with Gasteiger partial charge in [0.1, 0.15) is 8.07 Å². The van der Waals surface area contributed by atoms with Crippen molar-refractivity contribution in [1.82, 2.24) is 19.9 Å².